The van der Waals surface area contributed by atoms with Gasteiger partial charge < -0.3 is 4.79 Å². The highest BCUT2D eigenvalue weighted by Gasteiger charge is 2.06. The topological polar surface area (TPSA) is 17.1 Å². The third-order valence-corrected chi connectivity index (χ3v) is 5.82. The molecule has 1 unspecified atom stereocenters. The molecule has 0 radical (unpaired) electrons. The number of hydrogen-bond acceptors (Lipinski definition) is 1. The number of unbranched alkanes of at least 4 members (excludes halogenated alkanes) is 12. The van der Waals surface area contributed by atoms with E-state index in [0.717, 1.165) is 12.8 Å². The molecule has 0 heterocycles. The highest BCUT2D eigenvalue weighted by atomic mass is 16.1. The fourth-order valence-electron chi connectivity index (χ4n) is 3.79. The molecule has 178 valence electrons. The molecule has 0 saturated heterocycles. The van der Waals surface area contributed by atoms with Gasteiger partial charge in [0.2, 0.25) is 0 Å². The summed E-state index contributed by atoms with van der Waals surface area (Å²) in [5.74, 6) is 0.304. The van der Waals surface area contributed by atoms with Crippen molar-refractivity contribution in [1.82, 2.24) is 0 Å². The maximum Gasteiger partial charge on any atom is 0.123 e. The van der Waals surface area contributed by atoms with E-state index in [2.05, 4.69) is 62.5 Å². The Balaban J connectivity index is 3.43. The van der Waals surface area contributed by atoms with Gasteiger partial charge in [0.1, 0.15) is 6.29 Å². The Kier molecular flexibility index (Phi) is 25.5. The van der Waals surface area contributed by atoms with Gasteiger partial charge in [-0.15, -0.1) is 0 Å². The van der Waals surface area contributed by atoms with Crippen molar-refractivity contribution < 1.29 is 4.79 Å². The van der Waals surface area contributed by atoms with Gasteiger partial charge in [-0.25, -0.2) is 0 Å². The lowest BCUT2D eigenvalue weighted by Gasteiger charge is -2.10. The number of hydrogen-bond donors (Lipinski definition) is 0. The Morgan fingerprint density at radius 1 is 0.548 bits per heavy atom. The third-order valence-electron chi connectivity index (χ3n) is 5.82. The first-order chi connectivity index (χ1) is 15.3. The van der Waals surface area contributed by atoms with Crippen LogP contribution in [0.5, 0.6) is 0 Å². The van der Waals surface area contributed by atoms with Crippen LogP contribution in [0.1, 0.15) is 129 Å². The maximum atomic E-state index is 11.3. The predicted octanol–water partition coefficient (Wildman–Crippen LogP) is 10.1. The second-order valence-corrected chi connectivity index (χ2v) is 8.85. The van der Waals surface area contributed by atoms with Gasteiger partial charge in [-0.05, 0) is 64.7 Å². The monoisotopic (exact) mass is 428 g/mol. The molecular formula is C30H52O. The van der Waals surface area contributed by atoms with Crippen LogP contribution in [-0.2, 0) is 4.79 Å². The highest BCUT2D eigenvalue weighted by molar-refractivity contribution is 5.53. The van der Waals surface area contributed by atoms with E-state index >= 15 is 0 Å². The predicted molar refractivity (Wildman–Crippen MR) is 141 cm³/mol. The molecule has 0 aromatic rings. The van der Waals surface area contributed by atoms with Crippen LogP contribution in [0.25, 0.3) is 0 Å². The number of aldehydes is 1. The van der Waals surface area contributed by atoms with E-state index in [-0.39, 0.29) is 0 Å². The molecule has 0 aliphatic heterocycles. The van der Waals surface area contributed by atoms with E-state index in [4.69, 9.17) is 0 Å². The van der Waals surface area contributed by atoms with E-state index in [1.165, 1.54) is 109 Å². The molecule has 0 rings (SSSR count). The Labute approximate surface area is 195 Å². The molecule has 0 aliphatic rings. The SMILES string of the molecule is C/C=C/CC/C=C/CCCCCCCC(C=O)CCCCCCC/C=C/C=C/CCC. The lowest BCUT2D eigenvalue weighted by atomic mass is 9.95. The van der Waals surface area contributed by atoms with Crippen molar-refractivity contribution in [2.75, 3.05) is 0 Å². The van der Waals surface area contributed by atoms with Crippen molar-refractivity contribution in [2.24, 2.45) is 5.92 Å². The van der Waals surface area contributed by atoms with Gasteiger partial charge >= 0.3 is 0 Å². The van der Waals surface area contributed by atoms with Crippen LogP contribution >= 0.6 is 0 Å². The summed E-state index contributed by atoms with van der Waals surface area (Å²) in [4.78, 5) is 11.3. The zero-order chi connectivity index (χ0) is 22.7. The van der Waals surface area contributed by atoms with Gasteiger partial charge in [0.05, 0.1) is 0 Å². The van der Waals surface area contributed by atoms with Crippen LogP contribution in [0.2, 0.25) is 0 Å². The Morgan fingerprint density at radius 3 is 1.61 bits per heavy atom. The number of allylic oxidation sites excluding steroid dienone is 8. The minimum Gasteiger partial charge on any atom is -0.303 e. The molecule has 1 heteroatoms. The Bertz CT molecular complexity index is 469. The smallest absolute Gasteiger partial charge is 0.123 e. The minimum absolute atomic E-state index is 0.304. The summed E-state index contributed by atoms with van der Waals surface area (Å²) < 4.78 is 0. The standard InChI is InChI=1S/C30H52O/c1-3-5-7-9-11-13-15-17-19-21-23-25-27-30(29-31)28-26-24-22-20-18-16-14-12-10-8-6-4-2/h3,5,8,10-14,29-30H,4,6-7,9,15-28H2,1-2H3/b5-3+,10-8+,13-11+,14-12+. The molecular weight excluding hydrogens is 376 g/mol. The van der Waals surface area contributed by atoms with Crippen molar-refractivity contribution >= 4 is 6.29 Å². The quantitative estimate of drug-likeness (QED) is 0.0684. The van der Waals surface area contributed by atoms with E-state index < -0.39 is 0 Å². The lowest BCUT2D eigenvalue weighted by Crippen LogP contribution is -2.02. The highest BCUT2D eigenvalue weighted by Crippen LogP contribution is 2.17. The fraction of sp³-hybridized carbons (Fsp3) is 0.700. The van der Waals surface area contributed by atoms with Crippen LogP contribution in [0, 0.1) is 5.92 Å². The van der Waals surface area contributed by atoms with Gasteiger partial charge in [-0.3, -0.25) is 0 Å². The third kappa shape index (κ3) is 24.8. The van der Waals surface area contributed by atoms with Gasteiger partial charge in [0.15, 0.2) is 0 Å². The first-order valence-electron chi connectivity index (χ1n) is 13.4. The molecule has 0 N–H and O–H groups in total. The van der Waals surface area contributed by atoms with Crippen LogP contribution in [0.3, 0.4) is 0 Å². The summed E-state index contributed by atoms with van der Waals surface area (Å²) in [6.45, 7) is 4.29. The van der Waals surface area contributed by atoms with Crippen LogP contribution in [0.15, 0.2) is 48.6 Å². The van der Waals surface area contributed by atoms with Crippen LogP contribution in [-0.4, -0.2) is 6.29 Å². The molecule has 0 aromatic heterocycles. The molecule has 1 nitrogen and oxygen atoms in total. The molecule has 0 saturated carbocycles. The van der Waals surface area contributed by atoms with E-state index in [0.29, 0.717) is 5.92 Å². The van der Waals surface area contributed by atoms with E-state index in [1.54, 1.807) is 0 Å². The summed E-state index contributed by atoms with van der Waals surface area (Å²) in [5.41, 5.74) is 0. The number of carbonyl (C=O) groups is 1. The van der Waals surface area contributed by atoms with Gasteiger partial charge in [-0.2, -0.15) is 0 Å². The second-order valence-electron chi connectivity index (χ2n) is 8.85. The zero-order valence-corrected chi connectivity index (χ0v) is 20.9. The molecule has 1 atom stereocenters. The molecule has 0 spiro atoms. The Hall–Kier alpha value is -1.37. The molecule has 0 aromatic carbocycles. The zero-order valence-electron chi connectivity index (χ0n) is 20.9. The van der Waals surface area contributed by atoms with Gasteiger partial charge in [0.25, 0.3) is 0 Å². The first-order valence-corrected chi connectivity index (χ1v) is 13.4. The number of rotatable bonds is 23. The lowest BCUT2D eigenvalue weighted by molar-refractivity contribution is -0.111. The molecule has 31 heavy (non-hydrogen) atoms. The maximum absolute atomic E-state index is 11.3. The van der Waals surface area contributed by atoms with Crippen molar-refractivity contribution in [3.05, 3.63) is 48.6 Å². The van der Waals surface area contributed by atoms with Crippen LogP contribution < -0.4 is 0 Å². The summed E-state index contributed by atoms with van der Waals surface area (Å²) >= 11 is 0. The van der Waals surface area contributed by atoms with Gasteiger partial charge in [-0.1, -0.05) is 113 Å². The van der Waals surface area contributed by atoms with Crippen molar-refractivity contribution in [2.45, 2.75) is 129 Å². The summed E-state index contributed by atoms with van der Waals surface area (Å²) in [6, 6.07) is 0. The van der Waals surface area contributed by atoms with Crippen molar-refractivity contribution in [3.8, 4) is 0 Å². The molecule has 0 bridgehead atoms. The normalized spacial score (nSPS) is 13.4. The average molecular weight is 429 g/mol. The fourth-order valence-corrected chi connectivity index (χ4v) is 3.79. The van der Waals surface area contributed by atoms with Crippen molar-refractivity contribution in [1.29, 1.82) is 0 Å². The number of carbonyl (C=O) groups excluding carboxylic acids is 1. The Morgan fingerprint density at radius 2 is 1.03 bits per heavy atom. The summed E-state index contributed by atoms with van der Waals surface area (Å²) in [5, 5.41) is 0. The summed E-state index contributed by atoms with van der Waals surface area (Å²) in [7, 11) is 0. The van der Waals surface area contributed by atoms with Crippen LogP contribution in [0.4, 0.5) is 0 Å². The molecule has 0 aliphatic carbocycles. The molecule has 0 fully saturated rings. The second kappa shape index (κ2) is 26.7. The largest absolute Gasteiger partial charge is 0.303 e. The van der Waals surface area contributed by atoms with E-state index in [1.807, 2.05) is 0 Å². The van der Waals surface area contributed by atoms with E-state index in [9.17, 15) is 4.79 Å². The average Bonchev–Trinajstić information content (AvgIpc) is 2.79. The van der Waals surface area contributed by atoms with Gasteiger partial charge in [0, 0.05) is 5.92 Å². The summed E-state index contributed by atoms with van der Waals surface area (Å²) in [6.07, 6.45) is 41.4. The van der Waals surface area contributed by atoms with Crippen molar-refractivity contribution in [3.63, 3.8) is 0 Å². The first kappa shape index (κ1) is 29.6. The minimum atomic E-state index is 0.304. The molecule has 0 amide bonds.